The molecule has 0 radical (unpaired) electrons. The molecule has 90 valence electrons. The molecular formula is C14H19N3. The molecule has 0 bridgehead atoms. The minimum atomic E-state index is 0.963. The molecule has 0 saturated carbocycles. The van der Waals surface area contributed by atoms with E-state index in [0.29, 0.717) is 0 Å². The topological polar surface area (TPSA) is 30.7 Å². The van der Waals surface area contributed by atoms with E-state index in [2.05, 4.69) is 29.4 Å². The van der Waals surface area contributed by atoms with Crippen LogP contribution in [-0.4, -0.2) is 15.0 Å². The molecule has 3 nitrogen and oxygen atoms in total. The standard InChI is InChI=1S/C14H19N3/c1-2-3-4-8-11-17-14(12-15-16-17)13-9-6-5-7-10-13/h5-7,9-10,12H,2-4,8,11H2,1H3. The van der Waals surface area contributed by atoms with Gasteiger partial charge in [-0.2, -0.15) is 0 Å². The Morgan fingerprint density at radius 2 is 1.88 bits per heavy atom. The third-order valence-corrected chi connectivity index (χ3v) is 2.91. The van der Waals surface area contributed by atoms with E-state index in [-0.39, 0.29) is 0 Å². The van der Waals surface area contributed by atoms with E-state index in [4.69, 9.17) is 0 Å². The molecule has 0 saturated heterocycles. The van der Waals surface area contributed by atoms with E-state index in [9.17, 15) is 0 Å². The molecule has 17 heavy (non-hydrogen) atoms. The van der Waals surface area contributed by atoms with Crippen LogP contribution >= 0.6 is 0 Å². The van der Waals surface area contributed by atoms with Gasteiger partial charge in [0.1, 0.15) is 0 Å². The molecule has 0 spiro atoms. The summed E-state index contributed by atoms with van der Waals surface area (Å²) in [4.78, 5) is 0. The van der Waals surface area contributed by atoms with Gasteiger partial charge in [0.2, 0.25) is 0 Å². The van der Waals surface area contributed by atoms with Gasteiger partial charge in [-0.15, -0.1) is 5.10 Å². The van der Waals surface area contributed by atoms with Crippen molar-refractivity contribution in [1.29, 1.82) is 0 Å². The highest BCUT2D eigenvalue weighted by Crippen LogP contribution is 2.17. The maximum absolute atomic E-state index is 4.16. The summed E-state index contributed by atoms with van der Waals surface area (Å²) in [6, 6.07) is 10.3. The van der Waals surface area contributed by atoms with E-state index in [1.54, 1.807) is 0 Å². The third kappa shape index (κ3) is 3.16. The van der Waals surface area contributed by atoms with Crippen LogP contribution in [0.2, 0.25) is 0 Å². The zero-order chi connectivity index (χ0) is 11.9. The molecule has 1 heterocycles. The van der Waals surface area contributed by atoms with Crippen LogP contribution < -0.4 is 0 Å². The number of nitrogens with zero attached hydrogens (tertiary/aromatic N) is 3. The Morgan fingerprint density at radius 3 is 2.65 bits per heavy atom. The Labute approximate surface area is 102 Å². The minimum absolute atomic E-state index is 0.963. The van der Waals surface area contributed by atoms with Crippen LogP contribution in [0.4, 0.5) is 0 Å². The van der Waals surface area contributed by atoms with Gasteiger partial charge in [-0.25, -0.2) is 4.68 Å². The van der Waals surface area contributed by atoms with Crippen molar-refractivity contribution in [1.82, 2.24) is 15.0 Å². The van der Waals surface area contributed by atoms with Crippen LogP contribution in [0, 0.1) is 0 Å². The number of hydrogen-bond acceptors (Lipinski definition) is 2. The second-order valence-corrected chi connectivity index (χ2v) is 4.27. The van der Waals surface area contributed by atoms with Gasteiger partial charge in [0.15, 0.2) is 0 Å². The number of rotatable bonds is 6. The normalized spacial score (nSPS) is 10.6. The summed E-state index contributed by atoms with van der Waals surface area (Å²) in [5.41, 5.74) is 2.30. The number of aromatic nitrogens is 3. The summed E-state index contributed by atoms with van der Waals surface area (Å²) in [7, 11) is 0. The fourth-order valence-electron chi connectivity index (χ4n) is 1.94. The van der Waals surface area contributed by atoms with Crippen molar-refractivity contribution in [3.8, 4) is 11.3 Å². The Hall–Kier alpha value is -1.64. The van der Waals surface area contributed by atoms with Crippen LogP contribution in [0.15, 0.2) is 36.5 Å². The van der Waals surface area contributed by atoms with Crippen molar-refractivity contribution in [2.75, 3.05) is 0 Å². The van der Waals surface area contributed by atoms with Gasteiger partial charge >= 0.3 is 0 Å². The highest BCUT2D eigenvalue weighted by molar-refractivity contribution is 5.57. The van der Waals surface area contributed by atoms with E-state index < -0.39 is 0 Å². The van der Waals surface area contributed by atoms with Gasteiger partial charge < -0.3 is 0 Å². The van der Waals surface area contributed by atoms with Gasteiger partial charge in [-0.05, 0) is 6.42 Å². The molecule has 0 fully saturated rings. The zero-order valence-electron chi connectivity index (χ0n) is 10.3. The first-order valence-electron chi connectivity index (χ1n) is 6.35. The smallest absolute Gasteiger partial charge is 0.0885 e. The summed E-state index contributed by atoms with van der Waals surface area (Å²) in [6.45, 7) is 3.19. The van der Waals surface area contributed by atoms with E-state index in [1.807, 2.05) is 29.1 Å². The fourth-order valence-corrected chi connectivity index (χ4v) is 1.94. The third-order valence-electron chi connectivity index (χ3n) is 2.91. The molecule has 1 aromatic carbocycles. The maximum atomic E-state index is 4.16. The van der Waals surface area contributed by atoms with Crippen molar-refractivity contribution >= 4 is 0 Å². The largest absolute Gasteiger partial charge is 0.245 e. The second-order valence-electron chi connectivity index (χ2n) is 4.27. The van der Waals surface area contributed by atoms with Gasteiger partial charge in [0.05, 0.1) is 11.9 Å². The summed E-state index contributed by atoms with van der Waals surface area (Å²) in [5.74, 6) is 0. The van der Waals surface area contributed by atoms with Crippen LogP contribution in [0.1, 0.15) is 32.6 Å². The van der Waals surface area contributed by atoms with Crippen molar-refractivity contribution in [2.45, 2.75) is 39.2 Å². The molecule has 0 atom stereocenters. The van der Waals surface area contributed by atoms with Crippen molar-refractivity contribution in [2.24, 2.45) is 0 Å². The summed E-state index contributed by atoms with van der Waals surface area (Å²) >= 11 is 0. The molecule has 0 aliphatic heterocycles. The van der Waals surface area contributed by atoms with Crippen molar-refractivity contribution in [3.63, 3.8) is 0 Å². The molecular weight excluding hydrogens is 210 g/mol. The highest BCUT2D eigenvalue weighted by atomic mass is 15.4. The minimum Gasteiger partial charge on any atom is -0.245 e. The summed E-state index contributed by atoms with van der Waals surface area (Å²) < 4.78 is 2.00. The van der Waals surface area contributed by atoms with Gasteiger partial charge in [0, 0.05) is 12.1 Å². The Bertz CT molecular complexity index is 434. The lowest BCUT2D eigenvalue weighted by molar-refractivity contribution is 0.531. The van der Waals surface area contributed by atoms with Crippen molar-refractivity contribution < 1.29 is 0 Å². The molecule has 0 aliphatic carbocycles. The van der Waals surface area contributed by atoms with Gasteiger partial charge in [-0.3, -0.25) is 0 Å². The summed E-state index contributed by atoms with van der Waals surface area (Å²) in [6.07, 6.45) is 6.86. The predicted octanol–water partition coefficient (Wildman–Crippen LogP) is 3.53. The monoisotopic (exact) mass is 229 g/mol. The quantitative estimate of drug-likeness (QED) is 0.709. The Kier molecular flexibility index (Phi) is 4.30. The lowest BCUT2D eigenvalue weighted by Gasteiger charge is -2.05. The molecule has 0 unspecified atom stereocenters. The van der Waals surface area contributed by atoms with E-state index in [1.165, 1.54) is 31.2 Å². The molecule has 2 aromatic rings. The average molecular weight is 229 g/mol. The second kappa shape index (κ2) is 6.18. The number of benzene rings is 1. The average Bonchev–Trinajstić information content (AvgIpc) is 2.84. The SMILES string of the molecule is CCCCCCn1nncc1-c1ccccc1. The molecule has 3 heteroatoms. The Balaban J connectivity index is 2.02. The van der Waals surface area contributed by atoms with E-state index in [0.717, 1.165) is 12.2 Å². The van der Waals surface area contributed by atoms with E-state index >= 15 is 0 Å². The first-order chi connectivity index (χ1) is 8.42. The molecule has 0 N–H and O–H groups in total. The van der Waals surface area contributed by atoms with Gasteiger partial charge in [0.25, 0.3) is 0 Å². The first-order valence-corrected chi connectivity index (χ1v) is 6.35. The Morgan fingerprint density at radius 1 is 1.06 bits per heavy atom. The predicted molar refractivity (Wildman–Crippen MR) is 69.6 cm³/mol. The van der Waals surface area contributed by atoms with Gasteiger partial charge in [-0.1, -0.05) is 61.7 Å². The number of unbranched alkanes of at least 4 members (excludes halogenated alkanes) is 3. The molecule has 1 aromatic heterocycles. The van der Waals surface area contributed by atoms with Crippen LogP contribution in [0.5, 0.6) is 0 Å². The lowest BCUT2D eigenvalue weighted by Crippen LogP contribution is -2.02. The molecule has 2 rings (SSSR count). The number of hydrogen-bond donors (Lipinski definition) is 0. The van der Waals surface area contributed by atoms with Crippen LogP contribution in [0.3, 0.4) is 0 Å². The summed E-state index contributed by atoms with van der Waals surface area (Å²) in [5, 5.41) is 8.17. The fraction of sp³-hybridized carbons (Fsp3) is 0.429. The van der Waals surface area contributed by atoms with Crippen molar-refractivity contribution in [3.05, 3.63) is 36.5 Å². The lowest BCUT2D eigenvalue weighted by atomic mass is 10.1. The molecule has 0 aliphatic rings. The molecule has 0 amide bonds. The maximum Gasteiger partial charge on any atom is 0.0885 e. The van der Waals surface area contributed by atoms with Crippen LogP contribution in [0.25, 0.3) is 11.3 Å². The zero-order valence-corrected chi connectivity index (χ0v) is 10.3. The number of aryl methyl sites for hydroxylation is 1. The first kappa shape index (κ1) is 11.8. The highest BCUT2D eigenvalue weighted by Gasteiger charge is 2.05. The van der Waals surface area contributed by atoms with Crippen LogP contribution in [-0.2, 0) is 6.54 Å².